The number of methoxy groups -OCH3 is 1. The van der Waals surface area contributed by atoms with Gasteiger partial charge in [-0.3, -0.25) is 4.79 Å². The summed E-state index contributed by atoms with van der Waals surface area (Å²) in [6, 6.07) is 9.44. The van der Waals surface area contributed by atoms with Crippen molar-refractivity contribution < 1.29 is 13.9 Å². The van der Waals surface area contributed by atoms with Gasteiger partial charge in [-0.2, -0.15) is 0 Å². The number of rotatable bonds is 3. The van der Waals surface area contributed by atoms with E-state index in [4.69, 9.17) is 4.74 Å². The molecule has 104 valence electrons. The summed E-state index contributed by atoms with van der Waals surface area (Å²) in [4.78, 5) is 12.2. The molecule has 6 heteroatoms. The summed E-state index contributed by atoms with van der Waals surface area (Å²) in [6.45, 7) is 0. The van der Waals surface area contributed by atoms with Crippen molar-refractivity contribution >= 4 is 43.5 Å². The Balaban J connectivity index is 2.25. The van der Waals surface area contributed by atoms with Crippen molar-refractivity contribution in [1.29, 1.82) is 0 Å². The van der Waals surface area contributed by atoms with Crippen LogP contribution >= 0.6 is 31.9 Å². The number of carbonyl (C=O) groups is 1. The first-order valence-electron chi connectivity index (χ1n) is 5.61. The molecule has 0 atom stereocenters. The first-order valence-corrected chi connectivity index (χ1v) is 7.20. The van der Waals surface area contributed by atoms with E-state index >= 15 is 0 Å². The van der Waals surface area contributed by atoms with Crippen molar-refractivity contribution in [3.63, 3.8) is 0 Å². The molecule has 0 spiro atoms. The zero-order valence-electron chi connectivity index (χ0n) is 10.4. The van der Waals surface area contributed by atoms with Gasteiger partial charge in [0.25, 0.3) is 5.91 Å². The van der Waals surface area contributed by atoms with Gasteiger partial charge in [-0.25, -0.2) is 4.39 Å². The first kappa shape index (κ1) is 15.0. The number of benzene rings is 2. The van der Waals surface area contributed by atoms with E-state index in [0.29, 0.717) is 21.5 Å². The second kappa shape index (κ2) is 6.37. The van der Waals surface area contributed by atoms with Crippen LogP contribution in [0.4, 0.5) is 10.1 Å². The van der Waals surface area contributed by atoms with E-state index in [1.54, 1.807) is 24.3 Å². The number of hydrogen-bond donors (Lipinski definition) is 1. The van der Waals surface area contributed by atoms with Gasteiger partial charge in [-0.15, -0.1) is 0 Å². The second-order valence-corrected chi connectivity index (χ2v) is 5.70. The second-order valence-electron chi connectivity index (χ2n) is 3.93. The Kier molecular flexibility index (Phi) is 4.77. The van der Waals surface area contributed by atoms with Crippen LogP contribution < -0.4 is 10.1 Å². The standard InChI is InChI=1S/C14H10Br2FNO2/c1-20-13-6-8(15)2-4-10(13)14(19)18-9-3-5-11(16)12(17)7-9/h2-7H,1H3,(H,18,19). The summed E-state index contributed by atoms with van der Waals surface area (Å²) >= 11 is 6.36. The van der Waals surface area contributed by atoms with Crippen LogP contribution in [-0.2, 0) is 0 Å². The Morgan fingerprint density at radius 2 is 1.95 bits per heavy atom. The quantitative estimate of drug-likeness (QED) is 0.813. The largest absolute Gasteiger partial charge is 0.496 e. The lowest BCUT2D eigenvalue weighted by atomic mass is 10.2. The van der Waals surface area contributed by atoms with Gasteiger partial charge in [-0.1, -0.05) is 15.9 Å². The summed E-state index contributed by atoms with van der Waals surface area (Å²) in [5.74, 6) is -0.365. The van der Waals surface area contributed by atoms with Gasteiger partial charge in [-0.05, 0) is 52.3 Å². The minimum absolute atomic E-state index is 0.344. The van der Waals surface area contributed by atoms with Crippen molar-refractivity contribution in [2.24, 2.45) is 0 Å². The van der Waals surface area contributed by atoms with Crippen LogP contribution in [0.3, 0.4) is 0 Å². The van der Waals surface area contributed by atoms with Crippen molar-refractivity contribution in [2.45, 2.75) is 0 Å². The van der Waals surface area contributed by atoms with Crippen molar-refractivity contribution in [1.82, 2.24) is 0 Å². The lowest BCUT2D eigenvalue weighted by molar-refractivity contribution is 0.102. The van der Waals surface area contributed by atoms with Gasteiger partial charge in [0.2, 0.25) is 0 Å². The zero-order chi connectivity index (χ0) is 14.7. The number of hydrogen-bond acceptors (Lipinski definition) is 2. The van der Waals surface area contributed by atoms with Crippen LogP contribution in [0.5, 0.6) is 5.75 Å². The predicted octanol–water partition coefficient (Wildman–Crippen LogP) is 4.61. The van der Waals surface area contributed by atoms with Gasteiger partial charge in [0.1, 0.15) is 11.6 Å². The van der Waals surface area contributed by atoms with Gasteiger partial charge in [0.05, 0.1) is 17.1 Å². The lowest BCUT2D eigenvalue weighted by Gasteiger charge is -2.10. The van der Waals surface area contributed by atoms with Crippen LogP contribution in [-0.4, -0.2) is 13.0 Å². The summed E-state index contributed by atoms with van der Waals surface area (Å²) in [5, 5.41) is 2.63. The normalized spacial score (nSPS) is 10.2. The Bertz CT molecular complexity index is 662. The molecular weight excluding hydrogens is 393 g/mol. The number of ether oxygens (including phenoxy) is 1. The highest BCUT2D eigenvalue weighted by molar-refractivity contribution is 9.10. The fourth-order valence-electron chi connectivity index (χ4n) is 1.62. The fraction of sp³-hybridized carbons (Fsp3) is 0.0714. The molecule has 1 N–H and O–H groups in total. The smallest absolute Gasteiger partial charge is 0.259 e. The van der Waals surface area contributed by atoms with Gasteiger partial charge in [0, 0.05) is 10.2 Å². The number of nitrogens with one attached hydrogen (secondary N) is 1. The summed E-state index contributed by atoms with van der Waals surface area (Å²) < 4.78 is 19.7. The molecule has 0 aliphatic carbocycles. The molecule has 0 aliphatic heterocycles. The van der Waals surface area contributed by atoms with Crippen molar-refractivity contribution in [3.05, 3.63) is 56.7 Å². The number of carbonyl (C=O) groups excluding carboxylic acids is 1. The molecule has 3 nitrogen and oxygen atoms in total. The minimum atomic E-state index is -0.439. The topological polar surface area (TPSA) is 38.3 Å². The maximum absolute atomic E-state index is 13.4. The maximum atomic E-state index is 13.4. The van der Waals surface area contributed by atoms with E-state index in [1.807, 2.05) is 0 Å². The van der Waals surface area contributed by atoms with E-state index in [2.05, 4.69) is 37.2 Å². The third-order valence-electron chi connectivity index (χ3n) is 2.59. The molecule has 0 aliphatic rings. The molecule has 2 aromatic carbocycles. The summed E-state index contributed by atoms with van der Waals surface area (Å²) in [7, 11) is 1.48. The fourth-order valence-corrected chi connectivity index (χ4v) is 2.21. The number of anilines is 1. The van der Waals surface area contributed by atoms with E-state index in [1.165, 1.54) is 19.2 Å². The minimum Gasteiger partial charge on any atom is -0.496 e. The van der Waals surface area contributed by atoms with Crippen LogP contribution in [0.2, 0.25) is 0 Å². The van der Waals surface area contributed by atoms with Gasteiger partial charge >= 0.3 is 0 Å². The van der Waals surface area contributed by atoms with Crippen molar-refractivity contribution in [2.75, 3.05) is 12.4 Å². The third-order valence-corrected chi connectivity index (χ3v) is 3.72. The van der Waals surface area contributed by atoms with Crippen LogP contribution in [0, 0.1) is 5.82 Å². The molecule has 0 aromatic heterocycles. The maximum Gasteiger partial charge on any atom is 0.259 e. The molecule has 0 unspecified atom stereocenters. The highest BCUT2D eigenvalue weighted by Gasteiger charge is 2.13. The lowest BCUT2D eigenvalue weighted by Crippen LogP contribution is -2.13. The van der Waals surface area contributed by atoms with Crippen molar-refractivity contribution in [3.8, 4) is 5.75 Å². The molecule has 0 fully saturated rings. The molecule has 20 heavy (non-hydrogen) atoms. The monoisotopic (exact) mass is 401 g/mol. The van der Waals surface area contributed by atoms with Gasteiger partial charge < -0.3 is 10.1 Å². The molecule has 0 radical (unpaired) electrons. The first-order chi connectivity index (χ1) is 9.51. The molecule has 0 saturated carbocycles. The zero-order valence-corrected chi connectivity index (χ0v) is 13.6. The molecule has 0 heterocycles. The molecule has 2 rings (SSSR count). The third kappa shape index (κ3) is 3.37. The summed E-state index contributed by atoms with van der Waals surface area (Å²) in [5.41, 5.74) is 0.750. The molecular formula is C14H10Br2FNO2. The molecule has 0 saturated heterocycles. The Hall–Kier alpha value is -1.40. The Morgan fingerprint density at radius 3 is 2.60 bits per heavy atom. The average molecular weight is 403 g/mol. The molecule has 0 bridgehead atoms. The SMILES string of the molecule is COc1cc(Br)ccc1C(=O)Nc1ccc(Br)c(F)c1. The van der Waals surface area contributed by atoms with E-state index in [-0.39, 0.29) is 5.91 Å². The van der Waals surface area contributed by atoms with Gasteiger partial charge in [0.15, 0.2) is 0 Å². The van der Waals surface area contributed by atoms with Crippen LogP contribution in [0.25, 0.3) is 0 Å². The number of halogens is 3. The van der Waals surface area contributed by atoms with E-state index in [0.717, 1.165) is 4.47 Å². The van der Waals surface area contributed by atoms with E-state index < -0.39 is 5.82 Å². The predicted molar refractivity (Wildman–Crippen MR) is 82.7 cm³/mol. The van der Waals surface area contributed by atoms with E-state index in [9.17, 15) is 9.18 Å². The average Bonchev–Trinajstić information content (AvgIpc) is 2.42. The summed E-state index contributed by atoms with van der Waals surface area (Å²) in [6.07, 6.45) is 0. The number of amides is 1. The Morgan fingerprint density at radius 1 is 1.20 bits per heavy atom. The highest BCUT2D eigenvalue weighted by Crippen LogP contribution is 2.25. The molecule has 1 amide bonds. The van der Waals surface area contributed by atoms with Crippen LogP contribution in [0.1, 0.15) is 10.4 Å². The highest BCUT2D eigenvalue weighted by atomic mass is 79.9. The Labute approximate surface area is 132 Å². The molecule has 2 aromatic rings. The van der Waals surface area contributed by atoms with Crippen LogP contribution in [0.15, 0.2) is 45.3 Å².